The molecule has 0 aromatic heterocycles. The largest absolute Gasteiger partial charge is 0.444 e. The summed E-state index contributed by atoms with van der Waals surface area (Å²) in [6, 6.07) is 17.9. The Morgan fingerprint density at radius 2 is 1.83 bits per heavy atom. The number of allylic oxidation sites excluding steroid dienone is 1. The maximum atomic E-state index is 12.5. The molecule has 0 saturated carbocycles. The maximum Gasteiger partial charge on any atom is 0.414 e. The van der Waals surface area contributed by atoms with E-state index in [-0.39, 0.29) is 6.09 Å². The van der Waals surface area contributed by atoms with Crippen LogP contribution in [0.4, 0.5) is 4.79 Å². The summed E-state index contributed by atoms with van der Waals surface area (Å²) in [5, 5.41) is 0. The highest BCUT2D eigenvalue weighted by molar-refractivity contribution is 5.83. The third-order valence-electron chi connectivity index (χ3n) is 4.06. The first-order valence-electron chi connectivity index (χ1n) is 8.00. The van der Waals surface area contributed by atoms with E-state index < -0.39 is 0 Å². The van der Waals surface area contributed by atoms with E-state index in [1.165, 1.54) is 5.56 Å². The van der Waals surface area contributed by atoms with Gasteiger partial charge in [0.05, 0.1) is 5.70 Å². The van der Waals surface area contributed by atoms with Crippen molar-refractivity contribution in [1.82, 2.24) is 4.90 Å². The quantitative estimate of drug-likeness (QED) is 0.817. The zero-order valence-corrected chi connectivity index (χ0v) is 13.4. The lowest BCUT2D eigenvalue weighted by atomic mass is 10.0. The van der Waals surface area contributed by atoms with Gasteiger partial charge < -0.3 is 4.74 Å². The van der Waals surface area contributed by atoms with E-state index in [9.17, 15) is 4.79 Å². The van der Waals surface area contributed by atoms with E-state index in [1.54, 1.807) is 4.90 Å². The third kappa shape index (κ3) is 3.62. The second-order valence-electron chi connectivity index (χ2n) is 5.74. The minimum absolute atomic E-state index is 0.275. The van der Waals surface area contributed by atoms with Crippen molar-refractivity contribution in [3.63, 3.8) is 0 Å². The van der Waals surface area contributed by atoms with E-state index in [0.29, 0.717) is 13.2 Å². The summed E-state index contributed by atoms with van der Waals surface area (Å²) in [5.41, 5.74) is 4.23. The Morgan fingerprint density at radius 1 is 1.09 bits per heavy atom. The van der Waals surface area contributed by atoms with E-state index in [2.05, 4.69) is 25.1 Å². The zero-order chi connectivity index (χ0) is 16.1. The molecule has 23 heavy (non-hydrogen) atoms. The van der Waals surface area contributed by atoms with Crippen molar-refractivity contribution in [2.75, 3.05) is 6.54 Å². The highest BCUT2D eigenvalue weighted by atomic mass is 16.6. The number of ether oxygens (including phenoxy) is 1. The fraction of sp³-hybridized carbons (Fsp3) is 0.250. The van der Waals surface area contributed by atoms with E-state index in [0.717, 1.165) is 29.7 Å². The number of hydrogen-bond donors (Lipinski definition) is 0. The van der Waals surface area contributed by atoms with Crippen molar-refractivity contribution < 1.29 is 9.53 Å². The van der Waals surface area contributed by atoms with Crippen LogP contribution in [0, 0.1) is 6.92 Å². The SMILES string of the molecule is Cc1ccccc1C1=CCCCN1C(=O)OCc1ccccc1. The summed E-state index contributed by atoms with van der Waals surface area (Å²) < 4.78 is 5.51. The van der Waals surface area contributed by atoms with Gasteiger partial charge in [-0.25, -0.2) is 4.79 Å². The highest BCUT2D eigenvalue weighted by Gasteiger charge is 2.23. The molecule has 0 spiro atoms. The van der Waals surface area contributed by atoms with Crippen molar-refractivity contribution in [1.29, 1.82) is 0 Å². The van der Waals surface area contributed by atoms with Gasteiger partial charge >= 0.3 is 6.09 Å². The summed E-state index contributed by atoms with van der Waals surface area (Å²) in [6.45, 7) is 3.07. The first kappa shape index (κ1) is 15.3. The Balaban J connectivity index is 1.75. The van der Waals surface area contributed by atoms with E-state index >= 15 is 0 Å². The number of carbonyl (C=O) groups is 1. The number of rotatable bonds is 3. The van der Waals surface area contributed by atoms with Gasteiger partial charge in [0.1, 0.15) is 6.61 Å². The predicted octanol–water partition coefficient (Wildman–Crippen LogP) is 4.77. The van der Waals surface area contributed by atoms with Gasteiger partial charge in [0.2, 0.25) is 0 Å². The zero-order valence-electron chi connectivity index (χ0n) is 13.4. The molecule has 1 heterocycles. The number of amides is 1. The van der Waals surface area contributed by atoms with Gasteiger partial charge in [-0.15, -0.1) is 0 Å². The lowest BCUT2D eigenvalue weighted by molar-refractivity contribution is 0.112. The third-order valence-corrected chi connectivity index (χ3v) is 4.06. The van der Waals surface area contributed by atoms with Crippen LogP contribution in [0.3, 0.4) is 0 Å². The van der Waals surface area contributed by atoms with Crippen molar-refractivity contribution in [3.8, 4) is 0 Å². The van der Waals surface area contributed by atoms with Gasteiger partial charge in [0, 0.05) is 12.1 Å². The monoisotopic (exact) mass is 307 g/mol. The molecule has 3 nitrogen and oxygen atoms in total. The molecule has 0 aliphatic carbocycles. The normalized spacial score (nSPS) is 14.3. The Hall–Kier alpha value is -2.55. The van der Waals surface area contributed by atoms with Crippen LogP contribution in [-0.2, 0) is 11.3 Å². The van der Waals surface area contributed by atoms with Crippen LogP contribution in [0.1, 0.15) is 29.5 Å². The molecule has 0 radical (unpaired) electrons. The Kier molecular flexibility index (Phi) is 4.77. The average Bonchev–Trinajstić information content (AvgIpc) is 2.61. The maximum absolute atomic E-state index is 12.5. The van der Waals surface area contributed by atoms with Crippen LogP contribution in [-0.4, -0.2) is 17.5 Å². The number of carbonyl (C=O) groups excluding carboxylic acids is 1. The van der Waals surface area contributed by atoms with Crippen LogP contribution in [0.2, 0.25) is 0 Å². The molecule has 0 fully saturated rings. The molecule has 1 amide bonds. The van der Waals surface area contributed by atoms with E-state index in [1.807, 2.05) is 42.5 Å². The topological polar surface area (TPSA) is 29.5 Å². The van der Waals surface area contributed by atoms with Crippen LogP contribution < -0.4 is 0 Å². The van der Waals surface area contributed by atoms with Crippen LogP contribution in [0.5, 0.6) is 0 Å². The van der Waals surface area contributed by atoms with Crippen molar-refractivity contribution in [2.24, 2.45) is 0 Å². The first-order valence-corrected chi connectivity index (χ1v) is 8.00. The average molecular weight is 307 g/mol. The predicted molar refractivity (Wildman–Crippen MR) is 91.7 cm³/mol. The summed E-state index contributed by atoms with van der Waals surface area (Å²) in [7, 11) is 0. The lowest BCUT2D eigenvalue weighted by Crippen LogP contribution is -2.33. The second kappa shape index (κ2) is 7.14. The molecule has 118 valence electrons. The first-order chi connectivity index (χ1) is 11.3. The Labute approximate surface area is 137 Å². The molecular weight excluding hydrogens is 286 g/mol. The molecule has 0 atom stereocenters. The van der Waals surface area contributed by atoms with Crippen molar-refractivity contribution in [3.05, 3.63) is 77.4 Å². The van der Waals surface area contributed by atoms with Gasteiger partial charge in [-0.05, 0) is 30.9 Å². The molecule has 2 aromatic carbocycles. The van der Waals surface area contributed by atoms with Crippen LogP contribution >= 0.6 is 0 Å². The summed E-state index contributed by atoms with van der Waals surface area (Å²) in [6.07, 6.45) is 3.82. The minimum Gasteiger partial charge on any atom is -0.444 e. The van der Waals surface area contributed by atoms with Crippen molar-refractivity contribution >= 4 is 11.8 Å². The molecule has 2 aromatic rings. The van der Waals surface area contributed by atoms with Gasteiger partial charge in [-0.3, -0.25) is 4.90 Å². The number of benzene rings is 2. The fourth-order valence-corrected chi connectivity index (χ4v) is 2.82. The van der Waals surface area contributed by atoms with Gasteiger partial charge in [-0.1, -0.05) is 60.7 Å². The summed E-state index contributed by atoms with van der Waals surface area (Å²) >= 11 is 0. The number of aryl methyl sites for hydroxylation is 1. The molecule has 0 saturated heterocycles. The molecule has 0 N–H and O–H groups in total. The minimum atomic E-state index is -0.275. The van der Waals surface area contributed by atoms with Crippen LogP contribution in [0.15, 0.2) is 60.7 Å². The molecule has 3 rings (SSSR count). The van der Waals surface area contributed by atoms with Gasteiger partial charge in [-0.2, -0.15) is 0 Å². The second-order valence-corrected chi connectivity index (χ2v) is 5.74. The molecule has 1 aliphatic rings. The molecular formula is C20H21NO2. The lowest BCUT2D eigenvalue weighted by Gasteiger charge is -2.29. The summed E-state index contributed by atoms with van der Waals surface area (Å²) in [5.74, 6) is 0. The highest BCUT2D eigenvalue weighted by Crippen LogP contribution is 2.28. The van der Waals surface area contributed by atoms with Gasteiger partial charge in [0.25, 0.3) is 0 Å². The van der Waals surface area contributed by atoms with Gasteiger partial charge in [0.15, 0.2) is 0 Å². The smallest absolute Gasteiger partial charge is 0.414 e. The Morgan fingerprint density at radius 3 is 2.61 bits per heavy atom. The van der Waals surface area contributed by atoms with Crippen LogP contribution in [0.25, 0.3) is 5.70 Å². The number of hydrogen-bond acceptors (Lipinski definition) is 2. The van der Waals surface area contributed by atoms with E-state index in [4.69, 9.17) is 4.74 Å². The molecule has 3 heteroatoms. The molecule has 0 bridgehead atoms. The molecule has 1 aliphatic heterocycles. The standard InChI is InChI=1S/C20H21NO2/c1-16-9-5-6-12-18(16)19-13-7-8-14-21(19)20(22)23-15-17-10-3-2-4-11-17/h2-6,9-13H,7-8,14-15H2,1H3. The molecule has 0 unspecified atom stereocenters. The number of nitrogens with zero attached hydrogens (tertiary/aromatic N) is 1. The fourth-order valence-electron chi connectivity index (χ4n) is 2.82. The van der Waals surface area contributed by atoms with Crippen molar-refractivity contribution in [2.45, 2.75) is 26.4 Å². The summed E-state index contributed by atoms with van der Waals surface area (Å²) in [4.78, 5) is 14.3. The Bertz CT molecular complexity index is 707.